The Balaban J connectivity index is 1.27. The number of carbonyl (C=O) groups is 2. The molecule has 0 spiro atoms. The van der Waals surface area contributed by atoms with Crippen LogP contribution in [0.15, 0.2) is 51.9 Å². The number of amides is 2. The van der Waals surface area contributed by atoms with Crippen LogP contribution in [0.4, 0.5) is 5.69 Å². The SMILES string of the molecule is Cc1c(C(=O)NCc2ccc(NC(=O)c3ccco3)cc2)sc2nc3n(c(=O)c12)CCC3. The molecule has 3 aromatic heterocycles. The standard InChI is InChI=1S/C23H20N4O4S/c1-13-18-22(26-17-5-2-10-27(17)23(18)30)32-19(13)21(29)24-12-14-6-8-15(9-7-14)25-20(28)16-4-3-11-31-16/h3-4,6-9,11H,2,5,10,12H2,1H3,(H,24,29)(H,25,28). The van der Waals surface area contributed by atoms with Crippen LogP contribution >= 0.6 is 11.3 Å². The normalized spacial score (nSPS) is 12.7. The van der Waals surface area contributed by atoms with Crippen LogP contribution in [0.2, 0.25) is 0 Å². The van der Waals surface area contributed by atoms with Gasteiger partial charge in [0.1, 0.15) is 10.7 Å². The molecular formula is C23H20N4O4S. The molecule has 0 fully saturated rings. The maximum Gasteiger partial charge on any atom is 0.291 e. The fraction of sp³-hybridized carbons (Fsp3) is 0.217. The van der Waals surface area contributed by atoms with Gasteiger partial charge in [0.25, 0.3) is 17.4 Å². The van der Waals surface area contributed by atoms with Crippen LogP contribution in [0.25, 0.3) is 10.2 Å². The molecule has 0 radical (unpaired) electrons. The van der Waals surface area contributed by atoms with Crippen molar-refractivity contribution in [2.24, 2.45) is 0 Å². The van der Waals surface area contributed by atoms with E-state index in [4.69, 9.17) is 4.42 Å². The van der Waals surface area contributed by atoms with E-state index in [2.05, 4.69) is 15.6 Å². The smallest absolute Gasteiger partial charge is 0.291 e. The van der Waals surface area contributed by atoms with E-state index in [9.17, 15) is 14.4 Å². The first-order valence-electron chi connectivity index (χ1n) is 10.3. The van der Waals surface area contributed by atoms with Crippen molar-refractivity contribution in [1.82, 2.24) is 14.9 Å². The third-order valence-corrected chi connectivity index (χ3v) is 6.71. The molecule has 0 atom stereocenters. The number of anilines is 1. The number of benzene rings is 1. The molecule has 0 unspecified atom stereocenters. The summed E-state index contributed by atoms with van der Waals surface area (Å²) < 4.78 is 6.79. The summed E-state index contributed by atoms with van der Waals surface area (Å²) in [4.78, 5) is 43.4. The van der Waals surface area contributed by atoms with Gasteiger partial charge in [-0.2, -0.15) is 0 Å². The lowest BCUT2D eigenvalue weighted by molar-refractivity contribution is 0.0953. The number of thiophene rings is 1. The molecule has 4 heterocycles. The molecule has 5 rings (SSSR count). The summed E-state index contributed by atoms with van der Waals surface area (Å²) in [5.74, 6) is 0.478. The lowest BCUT2D eigenvalue weighted by Gasteiger charge is -2.07. The summed E-state index contributed by atoms with van der Waals surface area (Å²) >= 11 is 1.26. The van der Waals surface area contributed by atoms with E-state index in [0.29, 0.717) is 39.4 Å². The Morgan fingerprint density at radius 1 is 1.19 bits per heavy atom. The zero-order valence-electron chi connectivity index (χ0n) is 17.3. The second-order valence-corrected chi connectivity index (χ2v) is 8.63. The first-order valence-corrected chi connectivity index (χ1v) is 11.1. The summed E-state index contributed by atoms with van der Waals surface area (Å²) in [5, 5.41) is 6.20. The average molecular weight is 449 g/mol. The maximum atomic E-state index is 12.8. The van der Waals surface area contributed by atoms with Crippen LogP contribution in [0.3, 0.4) is 0 Å². The van der Waals surface area contributed by atoms with Gasteiger partial charge in [0.2, 0.25) is 0 Å². The Labute approximate surface area is 186 Å². The minimum atomic E-state index is -0.327. The number of nitrogens with zero attached hydrogens (tertiary/aromatic N) is 2. The molecule has 2 amide bonds. The topological polar surface area (TPSA) is 106 Å². The van der Waals surface area contributed by atoms with Crippen LogP contribution in [0.5, 0.6) is 0 Å². The molecule has 9 heteroatoms. The molecule has 0 aliphatic carbocycles. The summed E-state index contributed by atoms with van der Waals surface area (Å²) in [6.07, 6.45) is 3.16. The van der Waals surface area contributed by atoms with Crippen LogP contribution in [-0.4, -0.2) is 21.4 Å². The number of nitrogens with one attached hydrogen (secondary N) is 2. The average Bonchev–Trinajstić information content (AvgIpc) is 3.54. The predicted octanol–water partition coefficient (Wildman–Crippen LogP) is 3.49. The molecule has 1 aromatic carbocycles. The molecule has 2 N–H and O–H groups in total. The Morgan fingerprint density at radius 3 is 2.75 bits per heavy atom. The van der Waals surface area contributed by atoms with Crippen molar-refractivity contribution < 1.29 is 14.0 Å². The van der Waals surface area contributed by atoms with Gasteiger partial charge in [-0.15, -0.1) is 11.3 Å². The second kappa shape index (κ2) is 8.08. The number of carbonyl (C=O) groups excluding carboxylic acids is 2. The van der Waals surface area contributed by atoms with Crippen molar-refractivity contribution >= 4 is 39.1 Å². The van der Waals surface area contributed by atoms with Crippen molar-refractivity contribution in [3.05, 3.63) is 80.6 Å². The van der Waals surface area contributed by atoms with Gasteiger partial charge in [-0.3, -0.25) is 19.0 Å². The van der Waals surface area contributed by atoms with Crippen LogP contribution in [0, 0.1) is 6.92 Å². The van der Waals surface area contributed by atoms with Crippen molar-refractivity contribution in [3.63, 3.8) is 0 Å². The molecule has 0 saturated heterocycles. The quantitative estimate of drug-likeness (QED) is 0.486. The largest absolute Gasteiger partial charge is 0.459 e. The van der Waals surface area contributed by atoms with Crippen molar-refractivity contribution in [1.29, 1.82) is 0 Å². The number of fused-ring (bicyclic) bond motifs is 2. The molecule has 1 aliphatic rings. The molecule has 4 aromatic rings. The minimum Gasteiger partial charge on any atom is -0.459 e. The molecule has 162 valence electrons. The summed E-state index contributed by atoms with van der Waals surface area (Å²) in [5.41, 5.74) is 2.13. The highest BCUT2D eigenvalue weighted by Crippen LogP contribution is 2.28. The van der Waals surface area contributed by atoms with Crippen LogP contribution in [-0.2, 0) is 19.5 Å². The Hall–Kier alpha value is -3.72. The van der Waals surface area contributed by atoms with E-state index in [0.717, 1.165) is 24.2 Å². The van der Waals surface area contributed by atoms with E-state index < -0.39 is 0 Å². The van der Waals surface area contributed by atoms with Crippen molar-refractivity contribution in [2.45, 2.75) is 32.9 Å². The number of aromatic nitrogens is 2. The molecule has 32 heavy (non-hydrogen) atoms. The summed E-state index contributed by atoms with van der Waals surface area (Å²) in [7, 11) is 0. The van der Waals surface area contributed by atoms with Gasteiger partial charge in [-0.05, 0) is 48.7 Å². The van der Waals surface area contributed by atoms with Gasteiger partial charge in [0.15, 0.2) is 5.76 Å². The number of hydrogen-bond donors (Lipinski definition) is 2. The maximum absolute atomic E-state index is 12.8. The molecular weight excluding hydrogens is 428 g/mol. The van der Waals surface area contributed by atoms with Gasteiger partial charge in [0.05, 0.1) is 16.5 Å². The van der Waals surface area contributed by atoms with Gasteiger partial charge >= 0.3 is 0 Å². The van der Waals surface area contributed by atoms with Gasteiger partial charge < -0.3 is 15.1 Å². The fourth-order valence-corrected chi connectivity index (χ4v) is 4.97. The highest BCUT2D eigenvalue weighted by Gasteiger charge is 2.23. The first-order chi connectivity index (χ1) is 15.5. The van der Waals surface area contributed by atoms with E-state index in [-0.39, 0.29) is 23.1 Å². The van der Waals surface area contributed by atoms with Crippen LogP contribution in [0.1, 0.15) is 43.6 Å². The van der Waals surface area contributed by atoms with E-state index in [1.54, 1.807) is 35.8 Å². The van der Waals surface area contributed by atoms with Gasteiger partial charge in [-0.1, -0.05) is 12.1 Å². The Kier molecular flexibility index (Phi) is 5.10. The Bertz CT molecular complexity index is 1380. The number of rotatable bonds is 5. The van der Waals surface area contributed by atoms with Crippen LogP contribution < -0.4 is 16.2 Å². The highest BCUT2D eigenvalue weighted by molar-refractivity contribution is 7.20. The summed E-state index contributed by atoms with van der Waals surface area (Å²) in [6, 6.07) is 10.4. The predicted molar refractivity (Wildman–Crippen MR) is 121 cm³/mol. The highest BCUT2D eigenvalue weighted by atomic mass is 32.1. The van der Waals surface area contributed by atoms with E-state index in [1.807, 2.05) is 12.1 Å². The Morgan fingerprint density at radius 2 is 2.00 bits per heavy atom. The fourth-order valence-electron chi connectivity index (χ4n) is 3.86. The zero-order valence-corrected chi connectivity index (χ0v) is 18.1. The number of furan rings is 1. The molecule has 0 bridgehead atoms. The van der Waals surface area contributed by atoms with Gasteiger partial charge in [-0.25, -0.2) is 4.98 Å². The third kappa shape index (κ3) is 3.60. The lowest BCUT2D eigenvalue weighted by Crippen LogP contribution is -2.23. The number of aryl methyl sites for hydroxylation is 2. The number of hydrogen-bond acceptors (Lipinski definition) is 6. The molecule has 8 nitrogen and oxygen atoms in total. The van der Waals surface area contributed by atoms with E-state index in [1.165, 1.54) is 17.6 Å². The van der Waals surface area contributed by atoms with Crippen molar-refractivity contribution in [3.8, 4) is 0 Å². The lowest BCUT2D eigenvalue weighted by atomic mass is 10.2. The molecule has 0 saturated carbocycles. The first kappa shape index (κ1) is 20.2. The third-order valence-electron chi connectivity index (χ3n) is 5.53. The molecule has 1 aliphatic heterocycles. The monoisotopic (exact) mass is 448 g/mol. The zero-order chi connectivity index (χ0) is 22.2. The van der Waals surface area contributed by atoms with Crippen molar-refractivity contribution in [2.75, 3.05) is 5.32 Å². The van der Waals surface area contributed by atoms with Gasteiger partial charge in [0, 0.05) is 25.2 Å². The van der Waals surface area contributed by atoms with E-state index >= 15 is 0 Å². The second-order valence-electron chi connectivity index (χ2n) is 7.64. The minimum absolute atomic E-state index is 0.0533. The summed E-state index contributed by atoms with van der Waals surface area (Å²) in [6.45, 7) is 2.81.